The summed E-state index contributed by atoms with van der Waals surface area (Å²) in [6.45, 7) is 6.21. The minimum absolute atomic E-state index is 0.121. The first-order valence-electron chi connectivity index (χ1n) is 7.79. The molecule has 2 fully saturated rings. The molecular weight excluding hydrogens is 284 g/mol. The quantitative estimate of drug-likeness (QED) is 0.833. The lowest BCUT2D eigenvalue weighted by Gasteiger charge is -2.34. The second-order valence-corrected chi connectivity index (χ2v) is 8.35. The summed E-state index contributed by atoms with van der Waals surface area (Å²) in [6, 6.07) is 7.77. The van der Waals surface area contributed by atoms with E-state index in [2.05, 4.69) is 4.90 Å². The van der Waals surface area contributed by atoms with Crippen LogP contribution in [0.15, 0.2) is 24.3 Å². The molecule has 0 atom stereocenters. The number of hydrogen-bond acceptors (Lipinski definition) is 3. The van der Waals surface area contributed by atoms with Crippen molar-refractivity contribution in [1.29, 1.82) is 0 Å². The summed E-state index contributed by atoms with van der Waals surface area (Å²) in [7, 11) is -3.18. The third-order valence-corrected chi connectivity index (χ3v) is 6.26. The number of rotatable bonds is 5. The van der Waals surface area contributed by atoms with Crippen LogP contribution in [0.25, 0.3) is 0 Å². The molecule has 1 heterocycles. The minimum atomic E-state index is -3.18. The van der Waals surface area contributed by atoms with Crippen molar-refractivity contribution in [3.05, 3.63) is 35.4 Å². The average molecular weight is 308 g/mol. The summed E-state index contributed by atoms with van der Waals surface area (Å²) in [5.74, 6) is 0.997. The van der Waals surface area contributed by atoms with Crippen molar-refractivity contribution in [2.75, 3.05) is 32.7 Å². The summed E-state index contributed by atoms with van der Waals surface area (Å²) in [6.07, 6.45) is 2.71. The standard InChI is InChI=1S/C16H24N2O2S/c1-14-2-4-16(5-3-14)13-21(19,20)18-10-8-17(9-11-18)12-15-6-7-15/h2-5,15H,6-13H2,1H3. The van der Waals surface area contributed by atoms with E-state index in [1.807, 2.05) is 31.2 Å². The van der Waals surface area contributed by atoms with Crippen LogP contribution in [0.5, 0.6) is 0 Å². The molecule has 1 aliphatic carbocycles. The van der Waals surface area contributed by atoms with Crippen LogP contribution in [0.2, 0.25) is 0 Å². The second-order valence-electron chi connectivity index (χ2n) is 6.38. The molecule has 3 rings (SSSR count). The zero-order chi connectivity index (χ0) is 14.9. The Bertz CT molecular complexity index is 571. The molecule has 0 unspecified atom stereocenters. The molecule has 1 saturated heterocycles. The number of piperazine rings is 1. The van der Waals surface area contributed by atoms with Crippen LogP contribution in [-0.2, 0) is 15.8 Å². The van der Waals surface area contributed by atoms with E-state index in [1.165, 1.54) is 12.8 Å². The van der Waals surface area contributed by atoms with Gasteiger partial charge in [0.15, 0.2) is 0 Å². The van der Waals surface area contributed by atoms with Gasteiger partial charge in [0.2, 0.25) is 10.0 Å². The zero-order valence-electron chi connectivity index (χ0n) is 12.7. The van der Waals surface area contributed by atoms with Crippen molar-refractivity contribution < 1.29 is 8.42 Å². The van der Waals surface area contributed by atoms with E-state index in [-0.39, 0.29) is 5.75 Å². The molecule has 1 aliphatic heterocycles. The highest BCUT2D eigenvalue weighted by molar-refractivity contribution is 7.88. The third kappa shape index (κ3) is 4.05. The Morgan fingerprint density at radius 3 is 2.24 bits per heavy atom. The van der Waals surface area contributed by atoms with Crippen molar-refractivity contribution in [2.24, 2.45) is 5.92 Å². The predicted molar refractivity (Wildman–Crippen MR) is 84.5 cm³/mol. The Labute approximate surface area is 127 Å². The lowest BCUT2D eigenvalue weighted by Crippen LogP contribution is -2.49. The van der Waals surface area contributed by atoms with Crippen molar-refractivity contribution in [2.45, 2.75) is 25.5 Å². The van der Waals surface area contributed by atoms with Crippen LogP contribution in [0.4, 0.5) is 0 Å². The van der Waals surface area contributed by atoms with Crippen molar-refractivity contribution >= 4 is 10.0 Å². The van der Waals surface area contributed by atoms with Gasteiger partial charge in [-0.1, -0.05) is 29.8 Å². The van der Waals surface area contributed by atoms with Gasteiger partial charge in [0.1, 0.15) is 0 Å². The van der Waals surface area contributed by atoms with Crippen LogP contribution >= 0.6 is 0 Å². The number of benzene rings is 1. The first kappa shape index (κ1) is 15.0. The zero-order valence-corrected chi connectivity index (χ0v) is 13.5. The number of nitrogens with zero attached hydrogens (tertiary/aromatic N) is 2. The van der Waals surface area contributed by atoms with Gasteiger partial charge in [-0.3, -0.25) is 0 Å². The molecule has 116 valence electrons. The average Bonchev–Trinajstić information content (AvgIpc) is 3.26. The third-order valence-electron chi connectivity index (χ3n) is 4.41. The molecule has 0 aromatic heterocycles. The molecule has 1 saturated carbocycles. The highest BCUT2D eigenvalue weighted by Gasteiger charge is 2.30. The topological polar surface area (TPSA) is 40.6 Å². The lowest BCUT2D eigenvalue weighted by atomic mass is 10.2. The van der Waals surface area contributed by atoms with Gasteiger partial charge in [-0.05, 0) is 31.2 Å². The van der Waals surface area contributed by atoms with E-state index in [9.17, 15) is 8.42 Å². The van der Waals surface area contributed by atoms with Gasteiger partial charge in [-0.2, -0.15) is 4.31 Å². The normalized spacial score (nSPS) is 21.6. The van der Waals surface area contributed by atoms with Crippen molar-refractivity contribution in [3.8, 4) is 0 Å². The van der Waals surface area contributed by atoms with E-state index in [4.69, 9.17) is 0 Å². The lowest BCUT2D eigenvalue weighted by molar-refractivity contribution is 0.182. The minimum Gasteiger partial charge on any atom is -0.300 e. The first-order chi connectivity index (χ1) is 10.0. The maximum atomic E-state index is 12.5. The van der Waals surface area contributed by atoms with E-state index >= 15 is 0 Å². The van der Waals surface area contributed by atoms with Gasteiger partial charge in [0.05, 0.1) is 5.75 Å². The molecular formula is C16H24N2O2S. The molecule has 0 N–H and O–H groups in total. The maximum absolute atomic E-state index is 12.5. The molecule has 2 aliphatic rings. The first-order valence-corrected chi connectivity index (χ1v) is 9.39. The Kier molecular flexibility index (Phi) is 4.33. The highest BCUT2D eigenvalue weighted by Crippen LogP contribution is 2.30. The Morgan fingerprint density at radius 1 is 1.05 bits per heavy atom. The Hall–Kier alpha value is -0.910. The van der Waals surface area contributed by atoms with E-state index in [0.717, 1.165) is 36.7 Å². The molecule has 4 nitrogen and oxygen atoms in total. The monoisotopic (exact) mass is 308 g/mol. The molecule has 5 heteroatoms. The largest absolute Gasteiger partial charge is 0.300 e. The molecule has 1 aromatic carbocycles. The van der Waals surface area contributed by atoms with Crippen LogP contribution < -0.4 is 0 Å². The van der Waals surface area contributed by atoms with Gasteiger partial charge in [0.25, 0.3) is 0 Å². The Morgan fingerprint density at radius 2 is 1.67 bits per heavy atom. The van der Waals surface area contributed by atoms with Gasteiger partial charge < -0.3 is 4.90 Å². The molecule has 0 amide bonds. The molecule has 0 spiro atoms. The van der Waals surface area contributed by atoms with Crippen molar-refractivity contribution in [1.82, 2.24) is 9.21 Å². The maximum Gasteiger partial charge on any atom is 0.218 e. The van der Waals surface area contributed by atoms with Crippen LogP contribution in [0, 0.1) is 12.8 Å². The summed E-state index contributed by atoms with van der Waals surface area (Å²) in [5.41, 5.74) is 2.03. The number of hydrogen-bond donors (Lipinski definition) is 0. The van der Waals surface area contributed by atoms with Crippen LogP contribution in [0.1, 0.15) is 24.0 Å². The summed E-state index contributed by atoms with van der Waals surface area (Å²) in [4.78, 5) is 2.41. The SMILES string of the molecule is Cc1ccc(CS(=O)(=O)N2CCN(CC3CC3)CC2)cc1. The summed E-state index contributed by atoms with van der Waals surface area (Å²) in [5, 5.41) is 0. The molecule has 0 radical (unpaired) electrons. The summed E-state index contributed by atoms with van der Waals surface area (Å²) < 4.78 is 26.6. The smallest absolute Gasteiger partial charge is 0.218 e. The molecule has 1 aromatic rings. The van der Waals surface area contributed by atoms with Gasteiger partial charge in [0, 0.05) is 32.7 Å². The highest BCUT2D eigenvalue weighted by atomic mass is 32.2. The fraction of sp³-hybridized carbons (Fsp3) is 0.625. The number of aryl methyl sites for hydroxylation is 1. The van der Waals surface area contributed by atoms with E-state index in [0.29, 0.717) is 13.1 Å². The summed E-state index contributed by atoms with van der Waals surface area (Å²) >= 11 is 0. The fourth-order valence-electron chi connectivity index (χ4n) is 2.84. The predicted octanol–water partition coefficient (Wildman–Crippen LogP) is 1.85. The van der Waals surface area contributed by atoms with Crippen molar-refractivity contribution in [3.63, 3.8) is 0 Å². The van der Waals surface area contributed by atoms with Crippen LogP contribution in [0.3, 0.4) is 0 Å². The van der Waals surface area contributed by atoms with E-state index < -0.39 is 10.0 Å². The van der Waals surface area contributed by atoms with Crippen LogP contribution in [-0.4, -0.2) is 50.3 Å². The van der Waals surface area contributed by atoms with E-state index in [1.54, 1.807) is 4.31 Å². The fourth-order valence-corrected chi connectivity index (χ4v) is 4.36. The Balaban J connectivity index is 1.56. The van der Waals surface area contributed by atoms with Gasteiger partial charge in [-0.25, -0.2) is 8.42 Å². The van der Waals surface area contributed by atoms with Gasteiger partial charge in [-0.15, -0.1) is 0 Å². The molecule has 0 bridgehead atoms. The number of sulfonamides is 1. The second kappa shape index (κ2) is 6.07. The van der Waals surface area contributed by atoms with Gasteiger partial charge >= 0.3 is 0 Å². The molecule has 21 heavy (non-hydrogen) atoms.